The minimum atomic E-state index is -0.898. The van der Waals surface area contributed by atoms with E-state index in [2.05, 4.69) is 15.8 Å². The van der Waals surface area contributed by atoms with E-state index in [0.717, 1.165) is 5.56 Å². The Bertz CT molecular complexity index is 733. The third-order valence-electron chi connectivity index (χ3n) is 2.83. The number of hydrogen-bond donors (Lipinski definition) is 2. The molecule has 0 unspecified atom stereocenters. The predicted octanol–water partition coefficient (Wildman–Crippen LogP) is 3.28. The lowest BCUT2D eigenvalue weighted by atomic mass is 10.2. The molecule has 118 valence electrons. The summed E-state index contributed by atoms with van der Waals surface area (Å²) in [4.78, 5) is 23.4. The van der Waals surface area contributed by atoms with Gasteiger partial charge in [0.15, 0.2) is 0 Å². The van der Waals surface area contributed by atoms with Crippen LogP contribution in [0.5, 0.6) is 0 Å². The number of nitrogens with one attached hydrogen (secondary N) is 2. The number of carbonyl (C=O) groups is 2. The summed E-state index contributed by atoms with van der Waals surface area (Å²) in [5, 5.41) is 6.55. The first-order chi connectivity index (χ1) is 11.1. The van der Waals surface area contributed by atoms with Gasteiger partial charge in [0, 0.05) is 12.6 Å². The second kappa shape index (κ2) is 8.31. The summed E-state index contributed by atoms with van der Waals surface area (Å²) in [6.07, 6.45) is 2.05. The lowest BCUT2D eigenvalue weighted by Crippen LogP contribution is -2.32. The van der Waals surface area contributed by atoms with Gasteiger partial charge in [-0.25, -0.2) is 5.43 Å². The summed E-state index contributed by atoms with van der Waals surface area (Å²) in [6.45, 7) is 0. The van der Waals surface area contributed by atoms with E-state index in [1.165, 1.54) is 12.3 Å². The van der Waals surface area contributed by atoms with Crippen LogP contribution in [0.25, 0.3) is 0 Å². The van der Waals surface area contributed by atoms with Crippen LogP contribution in [-0.4, -0.2) is 18.0 Å². The molecule has 2 rings (SSSR count). The number of carbonyl (C=O) groups excluding carboxylic acids is 2. The van der Waals surface area contributed by atoms with E-state index in [1.807, 2.05) is 30.3 Å². The van der Waals surface area contributed by atoms with E-state index >= 15 is 0 Å². The zero-order chi connectivity index (χ0) is 16.7. The Morgan fingerprint density at radius 2 is 1.74 bits per heavy atom. The average molecular weight is 350 g/mol. The SMILES string of the molecule is O=C(NN=CCc1ccccc1)C(=O)Nc1cccc(Cl)c1Cl. The number of halogens is 2. The molecule has 2 aromatic carbocycles. The quantitative estimate of drug-likeness (QED) is 0.505. The number of rotatable bonds is 4. The molecule has 0 aliphatic rings. The number of nitrogens with zero attached hydrogens (tertiary/aromatic N) is 1. The molecule has 0 aliphatic heterocycles. The number of anilines is 1. The van der Waals surface area contributed by atoms with Crippen LogP contribution in [-0.2, 0) is 16.0 Å². The second-order valence-corrected chi connectivity index (χ2v) is 5.28. The minimum absolute atomic E-state index is 0.169. The zero-order valence-electron chi connectivity index (χ0n) is 11.9. The van der Waals surface area contributed by atoms with Gasteiger partial charge in [-0.05, 0) is 17.7 Å². The van der Waals surface area contributed by atoms with E-state index in [9.17, 15) is 9.59 Å². The van der Waals surface area contributed by atoms with Crippen LogP contribution in [0, 0.1) is 0 Å². The van der Waals surface area contributed by atoms with Crippen molar-refractivity contribution in [1.82, 2.24) is 5.43 Å². The van der Waals surface area contributed by atoms with Gasteiger partial charge in [-0.2, -0.15) is 5.10 Å². The van der Waals surface area contributed by atoms with Crippen molar-refractivity contribution in [3.8, 4) is 0 Å². The normalized spacial score (nSPS) is 10.5. The Kier molecular flexibility index (Phi) is 6.14. The van der Waals surface area contributed by atoms with Crippen molar-refractivity contribution in [3.63, 3.8) is 0 Å². The number of benzene rings is 2. The standard InChI is InChI=1S/C16H13Cl2N3O2/c17-12-7-4-8-13(14(12)18)20-15(22)16(23)21-19-10-9-11-5-2-1-3-6-11/h1-8,10H,9H2,(H,20,22)(H,21,23). The van der Waals surface area contributed by atoms with E-state index < -0.39 is 11.8 Å². The van der Waals surface area contributed by atoms with Gasteiger partial charge in [0.2, 0.25) is 0 Å². The lowest BCUT2D eigenvalue weighted by Gasteiger charge is -2.06. The molecule has 23 heavy (non-hydrogen) atoms. The van der Waals surface area contributed by atoms with Crippen molar-refractivity contribution >= 4 is 46.9 Å². The Balaban J connectivity index is 1.85. The van der Waals surface area contributed by atoms with Crippen LogP contribution in [0.2, 0.25) is 10.0 Å². The van der Waals surface area contributed by atoms with Gasteiger partial charge in [0.25, 0.3) is 0 Å². The number of hydrazone groups is 1. The van der Waals surface area contributed by atoms with Crippen LogP contribution >= 0.6 is 23.2 Å². The van der Waals surface area contributed by atoms with Gasteiger partial charge < -0.3 is 5.32 Å². The molecule has 0 saturated carbocycles. The molecule has 0 spiro atoms. The highest BCUT2D eigenvalue weighted by atomic mass is 35.5. The molecule has 2 aromatic rings. The molecule has 5 nitrogen and oxygen atoms in total. The van der Waals surface area contributed by atoms with Gasteiger partial charge in [0.05, 0.1) is 15.7 Å². The van der Waals surface area contributed by atoms with Crippen LogP contribution in [0.15, 0.2) is 53.6 Å². The van der Waals surface area contributed by atoms with Crippen molar-refractivity contribution in [1.29, 1.82) is 0 Å². The van der Waals surface area contributed by atoms with Crippen molar-refractivity contribution < 1.29 is 9.59 Å². The van der Waals surface area contributed by atoms with Gasteiger partial charge in [-0.1, -0.05) is 59.6 Å². The van der Waals surface area contributed by atoms with Crippen molar-refractivity contribution in [2.24, 2.45) is 5.10 Å². The Morgan fingerprint density at radius 1 is 1.00 bits per heavy atom. The average Bonchev–Trinajstić information content (AvgIpc) is 2.56. The molecule has 0 radical (unpaired) electrons. The first kappa shape index (κ1) is 17.0. The Morgan fingerprint density at radius 3 is 2.48 bits per heavy atom. The van der Waals surface area contributed by atoms with Crippen molar-refractivity contribution in [3.05, 3.63) is 64.1 Å². The highest BCUT2D eigenvalue weighted by Crippen LogP contribution is 2.29. The number of hydrogen-bond acceptors (Lipinski definition) is 3. The fraction of sp³-hybridized carbons (Fsp3) is 0.0625. The summed E-state index contributed by atoms with van der Waals surface area (Å²) in [7, 11) is 0. The lowest BCUT2D eigenvalue weighted by molar-refractivity contribution is -0.136. The molecule has 0 fully saturated rings. The van der Waals surface area contributed by atoms with E-state index in [0.29, 0.717) is 6.42 Å². The molecule has 7 heteroatoms. The first-order valence-corrected chi connectivity index (χ1v) is 7.44. The highest BCUT2D eigenvalue weighted by molar-refractivity contribution is 6.45. The summed E-state index contributed by atoms with van der Waals surface area (Å²) in [5.41, 5.74) is 3.45. The van der Waals surface area contributed by atoms with Crippen LogP contribution < -0.4 is 10.7 Å². The minimum Gasteiger partial charge on any atom is -0.316 e. The smallest absolute Gasteiger partial charge is 0.316 e. The topological polar surface area (TPSA) is 70.6 Å². The summed E-state index contributed by atoms with van der Waals surface area (Å²) >= 11 is 11.8. The molecular formula is C16H13Cl2N3O2. The van der Waals surface area contributed by atoms with Crippen LogP contribution in [0.1, 0.15) is 5.56 Å². The summed E-state index contributed by atoms with van der Waals surface area (Å²) < 4.78 is 0. The molecule has 0 heterocycles. The highest BCUT2D eigenvalue weighted by Gasteiger charge is 2.15. The van der Waals surface area contributed by atoms with Crippen molar-refractivity contribution in [2.45, 2.75) is 6.42 Å². The summed E-state index contributed by atoms with van der Waals surface area (Å²) in [5.74, 6) is -1.78. The largest absolute Gasteiger partial charge is 0.329 e. The molecule has 2 amide bonds. The molecule has 0 atom stereocenters. The third kappa shape index (κ3) is 5.09. The molecule has 0 saturated heterocycles. The number of amides is 2. The zero-order valence-corrected chi connectivity index (χ0v) is 13.4. The second-order valence-electron chi connectivity index (χ2n) is 4.50. The fourth-order valence-electron chi connectivity index (χ4n) is 1.70. The third-order valence-corrected chi connectivity index (χ3v) is 3.65. The van der Waals surface area contributed by atoms with Gasteiger partial charge in [-0.15, -0.1) is 0 Å². The molecule has 0 aromatic heterocycles. The molecular weight excluding hydrogens is 337 g/mol. The maximum Gasteiger partial charge on any atom is 0.329 e. The van der Waals surface area contributed by atoms with E-state index in [4.69, 9.17) is 23.2 Å². The predicted molar refractivity (Wildman–Crippen MR) is 91.9 cm³/mol. The van der Waals surface area contributed by atoms with Gasteiger partial charge in [-0.3, -0.25) is 9.59 Å². The molecule has 0 aliphatic carbocycles. The Labute approximate surface area is 143 Å². The van der Waals surface area contributed by atoms with E-state index in [-0.39, 0.29) is 15.7 Å². The van der Waals surface area contributed by atoms with Crippen molar-refractivity contribution in [2.75, 3.05) is 5.32 Å². The van der Waals surface area contributed by atoms with E-state index in [1.54, 1.807) is 12.1 Å². The monoisotopic (exact) mass is 349 g/mol. The Hall–Kier alpha value is -2.37. The van der Waals surface area contributed by atoms with Crippen LogP contribution in [0.3, 0.4) is 0 Å². The molecule has 2 N–H and O–H groups in total. The summed E-state index contributed by atoms with van der Waals surface area (Å²) in [6, 6.07) is 14.3. The maximum atomic E-state index is 11.7. The van der Waals surface area contributed by atoms with Gasteiger partial charge >= 0.3 is 11.8 Å². The van der Waals surface area contributed by atoms with Gasteiger partial charge in [0.1, 0.15) is 0 Å². The maximum absolute atomic E-state index is 11.7. The first-order valence-electron chi connectivity index (χ1n) is 6.68. The molecule has 0 bridgehead atoms. The van der Waals surface area contributed by atoms with Crippen LogP contribution in [0.4, 0.5) is 5.69 Å². The fourth-order valence-corrected chi connectivity index (χ4v) is 2.05.